The van der Waals surface area contributed by atoms with E-state index in [9.17, 15) is 0 Å². The van der Waals surface area contributed by atoms with E-state index in [1.807, 2.05) is 26.0 Å². The van der Waals surface area contributed by atoms with Gasteiger partial charge in [-0.3, -0.25) is 0 Å². The molecule has 0 bridgehead atoms. The lowest BCUT2D eigenvalue weighted by Gasteiger charge is -1.92. The standard InChI is InChI=1S/C9H14O/c1-3-5-6-7-8-9(10)4-2/h3,5,9-10H,4,6H2,1-2H3/b5-3+. The van der Waals surface area contributed by atoms with Crippen LogP contribution in [-0.2, 0) is 0 Å². The highest BCUT2D eigenvalue weighted by molar-refractivity contribution is 5.07. The predicted octanol–water partition coefficient (Wildman–Crippen LogP) is 1.73. The van der Waals surface area contributed by atoms with Crippen LogP contribution >= 0.6 is 0 Å². The molecule has 0 aromatic rings. The first-order chi connectivity index (χ1) is 4.81. The molecule has 0 aromatic heterocycles. The predicted molar refractivity (Wildman–Crippen MR) is 43.5 cm³/mol. The molecule has 0 amide bonds. The summed E-state index contributed by atoms with van der Waals surface area (Å²) < 4.78 is 0. The fourth-order valence-corrected chi connectivity index (χ4v) is 0.456. The summed E-state index contributed by atoms with van der Waals surface area (Å²) in [7, 11) is 0. The van der Waals surface area contributed by atoms with Crippen LogP contribution in [0.25, 0.3) is 0 Å². The molecule has 0 fully saturated rings. The van der Waals surface area contributed by atoms with Gasteiger partial charge < -0.3 is 5.11 Å². The summed E-state index contributed by atoms with van der Waals surface area (Å²) in [5.74, 6) is 5.57. The van der Waals surface area contributed by atoms with Crippen LogP contribution in [0.3, 0.4) is 0 Å². The van der Waals surface area contributed by atoms with Crippen LogP contribution in [0.5, 0.6) is 0 Å². The highest BCUT2D eigenvalue weighted by Crippen LogP contribution is 1.86. The lowest BCUT2D eigenvalue weighted by Crippen LogP contribution is -1.98. The van der Waals surface area contributed by atoms with E-state index in [0.29, 0.717) is 6.42 Å². The van der Waals surface area contributed by atoms with Crippen molar-refractivity contribution in [1.29, 1.82) is 0 Å². The van der Waals surface area contributed by atoms with E-state index in [4.69, 9.17) is 5.11 Å². The van der Waals surface area contributed by atoms with Gasteiger partial charge in [0.15, 0.2) is 0 Å². The summed E-state index contributed by atoms with van der Waals surface area (Å²) in [6, 6.07) is 0. The topological polar surface area (TPSA) is 20.2 Å². The highest BCUT2D eigenvalue weighted by atomic mass is 16.3. The first-order valence-corrected chi connectivity index (χ1v) is 3.58. The van der Waals surface area contributed by atoms with Crippen molar-refractivity contribution in [3.63, 3.8) is 0 Å². The molecule has 1 atom stereocenters. The Balaban J connectivity index is 3.48. The molecule has 1 N–H and O–H groups in total. The Morgan fingerprint density at radius 1 is 1.60 bits per heavy atom. The second-order valence-electron chi connectivity index (χ2n) is 2.02. The van der Waals surface area contributed by atoms with Crippen LogP contribution in [0.15, 0.2) is 12.2 Å². The van der Waals surface area contributed by atoms with Gasteiger partial charge in [0, 0.05) is 6.42 Å². The van der Waals surface area contributed by atoms with Crippen LogP contribution in [-0.4, -0.2) is 11.2 Å². The minimum absolute atomic E-state index is 0.440. The second kappa shape index (κ2) is 6.38. The zero-order valence-corrected chi connectivity index (χ0v) is 6.59. The maximum Gasteiger partial charge on any atom is 0.114 e. The van der Waals surface area contributed by atoms with E-state index in [1.54, 1.807) is 0 Å². The molecule has 0 spiro atoms. The third kappa shape index (κ3) is 5.40. The van der Waals surface area contributed by atoms with E-state index >= 15 is 0 Å². The Bertz CT molecular complexity index is 148. The Morgan fingerprint density at radius 3 is 2.80 bits per heavy atom. The van der Waals surface area contributed by atoms with Gasteiger partial charge >= 0.3 is 0 Å². The maximum atomic E-state index is 8.96. The number of allylic oxidation sites excluding steroid dienone is 2. The lowest BCUT2D eigenvalue weighted by molar-refractivity contribution is 0.228. The maximum absolute atomic E-state index is 8.96. The van der Waals surface area contributed by atoms with Crippen LogP contribution < -0.4 is 0 Å². The molecule has 10 heavy (non-hydrogen) atoms. The van der Waals surface area contributed by atoms with Gasteiger partial charge in [-0.15, -0.1) is 0 Å². The van der Waals surface area contributed by atoms with Gasteiger partial charge in [0.2, 0.25) is 0 Å². The van der Waals surface area contributed by atoms with E-state index in [2.05, 4.69) is 11.8 Å². The van der Waals surface area contributed by atoms with Crippen molar-refractivity contribution >= 4 is 0 Å². The van der Waals surface area contributed by atoms with E-state index in [0.717, 1.165) is 6.42 Å². The van der Waals surface area contributed by atoms with Crippen LogP contribution in [0, 0.1) is 11.8 Å². The van der Waals surface area contributed by atoms with E-state index in [1.165, 1.54) is 0 Å². The highest BCUT2D eigenvalue weighted by Gasteiger charge is 1.88. The number of hydrogen-bond acceptors (Lipinski definition) is 1. The largest absolute Gasteiger partial charge is 0.380 e. The summed E-state index contributed by atoms with van der Waals surface area (Å²) in [6.45, 7) is 3.87. The first kappa shape index (κ1) is 9.26. The number of aliphatic hydroxyl groups excluding tert-OH is 1. The summed E-state index contributed by atoms with van der Waals surface area (Å²) in [6.07, 6.45) is 4.93. The van der Waals surface area contributed by atoms with Crippen molar-refractivity contribution in [1.82, 2.24) is 0 Å². The van der Waals surface area contributed by atoms with Gasteiger partial charge in [-0.25, -0.2) is 0 Å². The molecule has 0 saturated carbocycles. The van der Waals surface area contributed by atoms with Gasteiger partial charge in [0.05, 0.1) is 0 Å². The van der Waals surface area contributed by atoms with Gasteiger partial charge in [-0.2, -0.15) is 0 Å². The Kier molecular flexibility index (Phi) is 5.91. The molecular weight excluding hydrogens is 124 g/mol. The fourth-order valence-electron chi connectivity index (χ4n) is 0.456. The van der Waals surface area contributed by atoms with Crippen LogP contribution in [0.1, 0.15) is 26.7 Å². The van der Waals surface area contributed by atoms with Crippen LogP contribution in [0.4, 0.5) is 0 Å². The average Bonchev–Trinajstić information content (AvgIpc) is 1.98. The molecule has 1 heteroatoms. The molecule has 1 nitrogen and oxygen atoms in total. The zero-order valence-electron chi connectivity index (χ0n) is 6.59. The molecule has 0 heterocycles. The van der Waals surface area contributed by atoms with Gasteiger partial charge in [-0.05, 0) is 13.3 Å². The molecule has 0 aliphatic carbocycles. The van der Waals surface area contributed by atoms with Gasteiger partial charge in [0.25, 0.3) is 0 Å². The first-order valence-electron chi connectivity index (χ1n) is 3.58. The van der Waals surface area contributed by atoms with Crippen molar-refractivity contribution in [3.05, 3.63) is 12.2 Å². The number of aliphatic hydroxyl groups is 1. The summed E-state index contributed by atoms with van der Waals surface area (Å²) in [5, 5.41) is 8.96. The minimum atomic E-state index is -0.440. The molecule has 0 aromatic carbocycles. The quantitative estimate of drug-likeness (QED) is 0.455. The van der Waals surface area contributed by atoms with Crippen molar-refractivity contribution in [3.8, 4) is 11.8 Å². The van der Waals surface area contributed by atoms with Gasteiger partial charge in [-0.1, -0.05) is 30.9 Å². The molecule has 0 saturated heterocycles. The van der Waals surface area contributed by atoms with Gasteiger partial charge in [0.1, 0.15) is 6.10 Å². The lowest BCUT2D eigenvalue weighted by atomic mass is 10.3. The van der Waals surface area contributed by atoms with Crippen LogP contribution in [0.2, 0.25) is 0 Å². The third-order valence-electron chi connectivity index (χ3n) is 1.11. The Labute approximate surface area is 62.8 Å². The monoisotopic (exact) mass is 138 g/mol. The number of rotatable bonds is 2. The molecule has 0 aliphatic rings. The Hall–Kier alpha value is -0.740. The molecular formula is C9H14O. The number of hydrogen-bond donors (Lipinski definition) is 1. The average molecular weight is 138 g/mol. The second-order valence-corrected chi connectivity index (χ2v) is 2.02. The fraction of sp³-hybridized carbons (Fsp3) is 0.556. The van der Waals surface area contributed by atoms with Crippen molar-refractivity contribution in [2.45, 2.75) is 32.8 Å². The Morgan fingerprint density at radius 2 is 2.30 bits per heavy atom. The smallest absolute Gasteiger partial charge is 0.114 e. The SMILES string of the molecule is C/C=C/CC#CC(O)CC. The minimum Gasteiger partial charge on any atom is -0.380 e. The molecule has 0 radical (unpaired) electrons. The molecule has 0 aliphatic heterocycles. The van der Waals surface area contributed by atoms with Crippen molar-refractivity contribution < 1.29 is 5.11 Å². The third-order valence-corrected chi connectivity index (χ3v) is 1.11. The van der Waals surface area contributed by atoms with Crippen molar-refractivity contribution in [2.75, 3.05) is 0 Å². The summed E-state index contributed by atoms with van der Waals surface area (Å²) in [5.41, 5.74) is 0. The van der Waals surface area contributed by atoms with E-state index in [-0.39, 0.29) is 0 Å². The molecule has 56 valence electrons. The molecule has 0 rings (SSSR count). The summed E-state index contributed by atoms with van der Waals surface area (Å²) >= 11 is 0. The van der Waals surface area contributed by atoms with Crippen molar-refractivity contribution in [2.24, 2.45) is 0 Å². The normalized spacial score (nSPS) is 12.7. The van der Waals surface area contributed by atoms with E-state index < -0.39 is 6.10 Å². The molecule has 1 unspecified atom stereocenters. The summed E-state index contributed by atoms with van der Waals surface area (Å²) in [4.78, 5) is 0. The zero-order chi connectivity index (χ0) is 7.82.